The number of hydrogen-bond donors (Lipinski definition) is 2. The zero-order chi connectivity index (χ0) is 21.3. The Kier molecular flexibility index (Phi) is 5.73. The molecule has 0 saturated heterocycles. The largest absolute Gasteiger partial charge is 0.511 e. The van der Waals surface area contributed by atoms with Crippen molar-refractivity contribution in [3.63, 3.8) is 0 Å². The Balaban J connectivity index is 1.89. The maximum absolute atomic E-state index is 12.6. The SMILES string of the molecule is CC(N=C(CCc1noc2c1C(=O)CC(C)(C)C2)C1=C(O)CCCC1=O)C(=O)O. The van der Waals surface area contributed by atoms with Gasteiger partial charge < -0.3 is 14.7 Å². The maximum atomic E-state index is 12.6. The second-order valence-corrected chi connectivity index (χ2v) is 8.56. The minimum Gasteiger partial charge on any atom is -0.511 e. The van der Waals surface area contributed by atoms with Crippen molar-refractivity contribution in [3.05, 3.63) is 28.3 Å². The Bertz CT molecular complexity index is 922. The van der Waals surface area contributed by atoms with Gasteiger partial charge in [-0.2, -0.15) is 0 Å². The summed E-state index contributed by atoms with van der Waals surface area (Å²) in [6.07, 6.45) is 2.65. The van der Waals surface area contributed by atoms with Crippen molar-refractivity contribution < 1.29 is 29.1 Å². The quantitative estimate of drug-likeness (QED) is 0.699. The third-order valence-electron chi connectivity index (χ3n) is 5.37. The van der Waals surface area contributed by atoms with Gasteiger partial charge in [0.15, 0.2) is 11.6 Å². The zero-order valence-corrected chi connectivity index (χ0v) is 16.9. The van der Waals surface area contributed by atoms with Crippen LogP contribution in [0.25, 0.3) is 0 Å². The third kappa shape index (κ3) is 4.46. The predicted octanol–water partition coefficient (Wildman–Crippen LogP) is 3.24. The van der Waals surface area contributed by atoms with Crippen molar-refractivity contribution in [2.75, 3.05) is 0 Å². The predicted molar refractivity (Wildman–Crippen MR) is 104 cm³/mol. The number of carbonyl (C=O) groups excluding carboxylic acids is 2. The maximum Gasteiger partial charge on any atom is 0.328 e. The highest BCUT2D eigenvalue weighted by Gasteiger charge is 2.36. The van der Waals surface area contributed by atoms with Crippen molar-refractivity contribution in [2.24, 2.45) is 10.4 Å². The molecule has 1 aromatic heterocycles. The van der Waals surface area contributed by atoms with Gasteiger partial charge >= 0.3 is 5.97 Å². The molecule has 1 aromatic rings. The number of Topliss-reactive ketones (excluding diaryl/α,β-unsaturated/α-hetero) is 2. The van der Waals surface area contributed by atoms with Crippen molar-refractivity contribution in [1.82, 2.24) is 5.16 Å². The van der Waals surface area contributed by atoms with E-state index in [1.165, 1.54) is 6.92 Å². The Morgan fingerprint density at radius 3 is 2.62 bits per heavy atom. The summed E-state index contributed by atoms with van der Waals surface area (Å²) in [6, 6.07) is -1.06. The van der Waals surface area contributed by atoms with Crippen LogP contribution in [-0.4, -0.2) is 44.7 Å². The summed E-state index contributed by atoms with van der Waals surface area (Å²) in [4.78, 5) is 40.4. The molecule has 156 valence electrons. The fourth-order valence-corrected chi connectivity index (χ4v) is 3.93. The van der Waals surface area contributed by atoms with E-state index in [9.17, 15) is 24.6 Å². The number of aromatic nitrogens is 1. The van der Waals surface area contributed by atoms with E-state index in [2.05, 4.69) is 10.1 Å². The van der Waals surface area contributed by atoms with Crippen molar-refractivity contribution >= 4 is 23.2 Å². The van der Waals surface area contributed by atoms with Gasteiger partial charge in [-0.1, -0.05) is 19.0 Å². The molecule has 8 nitrogen and oxygen atoms in total. The van der Waals surface area contributed by atoms with Crippen molar-refractivity contribution in [3.8, 4) is 0 Å². The van der Waals surface area contributed by atoms with Crippen LogP contribution in [0.15, 0.2) is 20.8 Å². The summed E-state index contributed by atoms with van der Waals surface area (Å²) in [5.41, 5.74) is 1.13. The molecule has 29 heavy (non-hydrogen) atoms. The Hall–Kier alpha value is -2.77. The van der Waals surface area contributed by atoms with Gasteiger partial charge in [0.2, 0.25) is 0 Å². The molecule has 0 saturated carbocycles. The number of allylic oxidation sites excluding steroid dienone is 2. The Morgan fingerprint density at radius 1 is 1.24 bits per heavy atom. The number of rotatable bonds is 6. The summed E-state index contributed by atoms with van der Waals surface area (Å²) in [5.74, 6) is -0.889. The lowest BCUT2D eigenvalue weighted by Crippen LogP contribution is -2.27. The second kappa shape index (κ2) is 7.93. The number of aliphatic carboxylic acids is 1. The van der Waals surface area contributed by atoms with E-state index in [4.69, 9.17) is 4.52 Å². The molecule has 0 aromatic carbocycles. The van der Waals surface area contributed by atoms with Gasteiger partial charge in [0, 0.05) is 25.7 Å². The zero-order valence-electron chi connectivity index (χ0n) is 16.9. The number of aliphatic hydroxyl groups is 1. The van der Waals surface area contributed by atoms with Gasteiger partial charge in [-0.05, 0) is 31.6 Å². The topological polar surface area (TPSA) is 130 Å². The van der Waals surface area contributed by atoms with Gasteiger partial charge in [0.25, 0.3) is 0 Å². The first kappa shape index (κ1) is 21.0. The average molecular weight is 402 g/mol. The summed E-state index contributed by atoms with van der Waals surface area (Å²) in [7, 11) is 0. The first-order valence-electron chi connectivity index (χ1n) is 9.85. The standard InChI is InChI=1S/C21H26N2O6/c1-11(20(27)28)22-12(18-14(24)5-4-6-15(18)25)7-8-13-19-16(26)9-21(2,3)10-17(19)29-23-13/h11,24H,4-10H2,1-3H3,(H,27,28). The van der Waals surface area contributed by atoms with E-state index in [0.717, 1.165) is 0 Å². The van der Waals surface area contributed by atoms with Crippen LogP contribution in [0.4, 0.5) is 0 Å². The number of carboxylic acid groups (broad SMARTS) is 1. The summed E-state index contributed by atoms with van der Waals surface area (Å²) >= 11 is 0. The molecule has 0 spiro atoms. The molecule has 2 N–H and O–H groups in total. The van der Waals surface area contributed by atoms with Crippen LogP contribution >= 0.6 is 0 Å². The molecule has 1 unspecified atom stereocenters. The highest BCUT2D eigenvalue weighted by molar-refractivity contribution is 6.23. The van der Waals surface area contributed by atoms with Gasteiger partial charge in [-0.15, -0.1) is 0 Å². The van der Waals surface area contributed by atoms with E-state index < -0.39 is 12.0 Å². The molecule has 0 amide bonds. The monoisotopic (exact) mass is 402 g/mol. The lowest BCUT2D eigenvalue weighted by atomic mass is 9.76. The number of carboxylic acids is 1. The van der Waals surface area contributed by atoms with E-state index in [-0.39, 0.29) is 53.3 Å². The van der Waals surface area contributed by atoms with Gasteiger partial charge in [-0.3, -0.25) is 14.6 Å². The van der Waals surface area contributed by atoms with Crippen molar-refractivity contribution in [1.29, 1.82) is 0 Å². The highest BCUT2D eigenvalue weighted by Crippen LogP contribution is 2.36. The molecule has 2 aliphatic rings. The van der Waals surface area contributed by atoms with E-state index in [1.54, 1.807) is 0 Å². The number of nitrogens with zero attached hydrogens (tertiary/aromatic N) is 2. The van der Waals surface area contributed by atoms with Gasteiger partial charge in [0.05, 0.1) is 22.5 Å². The van der Waals surface area contributed by atoms with E-state index in [1.807, 2.05) is 13.8 Å². The fourth-order valence-electron chi connectivity index (χ4n) is 3.93. The van der Waals surface area contributed by atoms with Crippen LogP contribution < -0.4 is 0 Å². The van der Waals surface area contributed by atoms with Crippen LogP contribution in [0, 0.1) is 5.41 Å². The minimum atomic E-state index is -1.12. The molecule has 0 radical (unpaired) electrons. The Labute approximate surface area is 168 Å². The molecular formula is C21H26N2O6. The average Bonchev–Trinajstić information content (AvgIpc) is 3.00. The molecule has 0 fully saturated rings. The number of aliphatic imine (C=N–C) groups is 1. The van der Waals surface area contributed by atoms with Crippen molar-refractivity contribution in [2.45, 2.75) is 71.8 Å². The number of aliphatic hydroxyl groups excluding tert-OH is 1. The smallest absolute Gasteiger partial charge is 0.328 e. The summed E-state index contributed by atoms with van der Waals surface area (Å²) in [5, 5.41) is 23.5. The lowest BCUT2D eigenvalue weighted by Gasteiger charge is -2.26. The van der Waals surface area contributed by atoms with Crippen LogP contribution in [0.2, 0.25) is 0 Å². The van der Waals surface area contributed by atoms with Crippen LogP contribution in [0.3, 0.4) is 0 Å². The first-order chi connectivity index (χ1) is 13.6. The first-order valence-corrected chi connectivity index (χ1v) is 9.85. The Morgan fingerprint density at radius 2 is 1.97 bits per heavy atom. The number of hydrogen-bond acceptors (Lipinski definition) is 7. The normalized spacial score (nSPS) is 20.6. The van der Waals surface area contributed by atoms with Crippen LogP contribution in [0.5, 0.6) is 0 Å². The molecule has 1 atom stereocenters. The summed E-state index contributed by atoms with van der Waals surface area (Å²) in [6.45, 7) is 5.41. The molecule has 8 heteroatoms. The van der Waals surface area contributed by atoms with Gasteiger partial charge in [-0.25, -0.2) is 4.79 Å². The molecule has 2 aliphatic carbocycles. The minimum absolute atomic E-state index is 0.0271. The second-order valence-electron chi connectivity index (χ2n) is 8.56. The molecular weight excluding hydrogens is 376 g/mol. The fraction of sp³-hybridized carbons (Fsp3) is 0.571. The number of fused-ring (bicyclic) bond motifs is 1. The molecule has 0 aliphatic heterocycles. The molecule has 0 bridgehead atoms. The lowest BCUT2D eigenvalue weighted by molar-refractivity contribution is -0.138. The number of carbonyl (C=O) groups is 3. The number of ketones is 2. The van der Waals surface area contributed by atoms with E-state index >= 15 is 0 Å². The van der Waals surface area contributed by atoms with Gasteiger partial charge in [0.1, 0.15) is 17.6 Å². The van der Waals surface area contributed by atoms with E-state index in [0.29, 0.717) is 42.7 Å². The van der Waals surface area contributed by atoms with Crippen LogP contribution in [0.1, 0.15) is 74.7 Å². The number of aryl methyl sites for hydroxylation is 1. The summed E-state index contributed by atoms with van der Waals surface area (Å²) < 4.78 is 5.40. The van der Waals surface area contributed by atoms with Crippen LogP contribution in [-0.2, 0) is 22.4 Å². The molecule has 3 rings (SSSR count). The third-order valence-corrected chi connectivity index (χ3v) is 5.37. The highest BCUT2D eigenvalue weighted by atomic mass is 16.5. The molecule has 1 heterocycles.